The van der Waals surface area contributed by atoms with Gasteiger partial charge in [-0.3, -0.25) is 4.52 Å². The van der Waals surface area contributed by atoms with Gasteiger partial charge in [-0.05, 0) is 6.92 Å². The molecule has 0 amide bonds. The molecule has 9 nitrogen and oxygen atoms in total. The molecule has 10 heteroatoms. The Hall–Kier alpha value is -2.75. The van der Waals surface area contributed by atoms with Gasteiger partial charge in [0, 0.05) is 6.07 Å². The largest absolute Gasteiger partial charge is 0.493 e. The lowest BCUT2D eigenvalue weighted by Crippen LogP contribution is -1.93. The third-order valence-corrected chi connectivity index (χ3v) is 3.42. The molecule has 0 spiro atoms. The first-order valence-corrected chi connectivity index (χ1v) is 6.67. The fourth-order valence-electron chi connectivity index (χ4n) is 1.56. The van der Waals surface area contributed by atoms with Crippen molar-refractivity contribution in [3.63, 3.8) is 0 Å². The van der Waals surface area contributed by atoms with Crippen LogP contribution in [0.3, 0.4) is 0 Å². The predicted molar refractivity (Wildman–Crippen MR) is 70.9 cm³/mol. The predicted octanol–water partition coefficient (Wildman–Crippen LogP) is 1.46. The molecule has 0 bridgehead atoms. The maximum Gasteiger partial charge on any atom is 0.415 e. The lowest BCUT2D eigenvalue weighted by molar-refractivity contribution is 0.267. The minimum atomic E-state index is -0.540. The molecule has 0 saturated heterocycles. The van der Waals surface area contributed by atoms with Crippen molar-refractivity contribution in [1.82, 2.24) is 25.1 Å². The minimum absolute atomic E-state index is 0.160. The van der Waals surface area contributed by atoms with Crippen LogP contribution >= 0.6 is 11.3 Å². The van der Waals surface area contributed by atoms with Crippen LogP contribution < -0.4 is 4.74 Å². The maximum absolute atomic E-state index is 9.40. The second kappa shape index (κ2) is 5.32. The van der Waals surface area contributed by atoms with Crippen LogP contribution in [0.25, 0.3) is 21.4 Å². The first-order chi connectivity index (χ1) is 10.2. The Morgan fingerprint density at radius 1 is 1.29 bits per heavy atom. The zero-order valence-electron chi connectivity index (χ0n) is 10.7. The van der Waals surface area contributed by atoms with Crippen molar-refractivity contribution in [3.8, 4) is 39.2 Å². The van der Waals surface area contributed by atoms with Gasteiger partial charge in [-0.2, -0.15) is 9.97 Å². The van der Waals surface area contributed by atoms with Gasteiger partial charge >= 0.3 is 6.08 Å². The number of rotatable bonds is 4. The number of hydrogen-bond acceptors (Lipinski definition) is 10. The highest BCUT2D eigenvalue weighted by molar-refractivity contribution is 7.18. The molecule has 3 aromatic heterocycles. The van der Waals surface area contributed by atoms with Crippen LogP contribution in [0.5, 0.6) is 17.8 Å². The van der Waals surface area contributed by atoms with E-state index in [-0.39, 0.29) is 11.7 Å². The SMILES string of the molecule is CCOc1nc(-c2cc(O)ncn2)sc1-c1noc(O)n1. The van der Waals surface area contributed by atoms with Gasteiger partial charge in [0.05, 0.1) is 6.61 Å². The van der Waals surface area contributed by atoms with Crippen molar-refractivity contribution in [2.24, 2.45) is 0 Å². The van der Waals surface area contributed by atoms with Crippen LogP contribution in [0.2, 0.25) is 0 Å². The molecule has 0 saturated carbocycles. The Morgan fingerprint density at radius 2 is 2.14 bits per heavy atom. The summed E-state index contributed by atoms with van der Waals surface area (Å²) in [4.78, 5) is 16.2. The molecule has 2 N–H and O–H groups in total. The molecule has 0 aromatic carbocycles. The van der Waals surface area contributed by atoms with Crippen molar-refractivity contribution in [2.75, 3.05) is 6.61 Å². The first kappa shape index (κ1) is 13.2. The summed E-state index contributed by atoms with van der Waals surface area (Å²) in [5.74, 6) is 0.307. The molecule has 108 valence electrons. The third-order valence-electron chi connectivity index (χ3n) is 2.37. The Kier molecular flexibility index (Phi) is 3.36. The number of aromatic nitrogens is 5. The van der Waals surface area contributed by atoms with E-state index in [0.29, 0.717) is 28.1 Å². The zero-order chi connectivity index (χ0) is 14.8. The van der Waals surface area contributed by atoms with E-state index in [0.717, 1.165) is 0 Å². The Bertz CT molecular complexity index is 772. The van der Waals surface area contributed by atoms with E-state index in [1.807, 2.05) is 6.92 Å². The molecule has 0 aliphatic rings. The van der Waals surface area contributed by atoms with E-state index >= 15 is 0 Å². The van der Waals surface area contributed by atoms with Crippen molar-refractivity contribution < 1.29 is 19.5 Å². The standard InChI is InChI=1S/C11H9N5O4S/c1-2-19-9-7(8-14-11(18)20-16-8)21-10(15-9)5-3-6(17)13-4-12-5/h3-4H,2H2,1H3,(H,12,13,17)(H,14,16,18). The Balaban J connectivity index is 2.08. The highest BCUT2D eigenvalue weighted by Gasteiger charge is 2.21. The molecule has 0 aliphatic carbocycles. The summed E-state index contributed by atoms with van der Waals surface area (Å²) >= 11 is 1.19. The van der Waals surface area contributed by atoms with Crippen LogP contribution in [-0.2, 0) is 0 Å². The topological polar surface area (TPSA) is 127 Å². The average molecular weight is 307 g/mol. The van der Waals surface area contributed by atoms with Gasteiger partial charge in [-0.25, -0.2) is 9.97 Å². The summed E-state index contributed by atoms with van der Waals surface area (Å²) in [5, 5.41) is 22.7. The molecule has 0 atom stereocenters. The van der Waals surface area contributed by atoms with Gasteiger partial charge in [-0.15, -0.1) is 11.3 Å². The lowest BCUT2D eigenvalue weighted by Gasteiger charge is -1.98. The number of ether oxygens (including phenoxy) is 1. The van der Waals surface area contributed by atoms with Gasteiger partial charge in [0.15, 0.2) is 0 Å². The Morgan fingerprint density at radius 3 is 2.81 bits per heavy atom. The summed E-state index contributed by atoms with van der Waals surface area (Å²) in [6.07, 6.45) is 0.689. The fourth-order valence-corrected chi connectivity index (χ4v) is 2.47. The average Bonchev–Trinajstić information content (AvgIpc) is 3.06. The number of aromatic hydroxyl groups is 2. The van der Waals surface area contributed by atoms with E-state index in [1.165, 1.54) is 23.7 Å². The smallest absolute Gasteiger partial charge is 0.415 e. The van der Waals surface area contributed by atoms with Gasteiger partial charge in [0.1, 0.15) is 21.9 Å². The zero-order valence-corrected chi connectivity index (χ0v) is 11.5. The van der Waals surface area contributed by atoms with E-state index in [9.17, 15) is 5.11 Å². The number of thiazole rings is 1. The second-order valence-electron chi connectivity index (χ2n) is 3.75. The summed E-state index contributed by atoms with van der Waals surface area (Å²) in [6, 6.07) is 1.38. The van der Waals surface area contributed by atoms with Crippen LogP contribution in [0.15, 0.2) is 16.9 Å². The molecule has 3 rings (SSSR count). The van der Waals surface area contributed by atoms with Crippen molar-refractivity contribution >= 4 is 11.3 Å². The van der Waals surface area contributed by atoms with E-state index < -0.39 is 6.08 Å². The molecular weight excluding hydrogens is 298 g/mol. The number of hydrogen-bond donors (Lipinski definition) is 2. The highest BCUT2D eigenvalue weighted by atomic mass is 32.1. The van der Waals surface area contributed by atoms with E-state index in [2.05, 4.69) is 29.6 Å². The molecule has 0 radical (unpaired) electrons. The molecule has 0 fully saturated rings. The minimum Gasteiger partial charge on any atom is -0.493 e. The van der Waals surface area contributed by atoms with Crippen molar-refractivity contribution in [2.45, 2.75) is 6.92 Å². The molecule has 21 heavy (non-hydrogen) atoms. The van der Waals surface area contributed by atoms with Crippen LogP contribution in [0.1, 0.15) is 6.92 Å². The van der Waals surface area contributed by atoms with Crippen LogP contribution in [0.4, 0.5) is 0 Å². The fraction of sp³-hybridized carbons (Fsp3) is 0.182. The molecule has 3 aromatic rings. The summed E-state index contributed by atoms with van der Waals surface area (Å²) in [6.45, 7) is 2.21. The summed E-state index contributed by atoms with van der Waals surface area (Å²) in [5.41, 5.74) is 0.437. The monoisotopic (exact) mass is 307 g/mol. The van der Waals surface area contributed by atoms with Crippen LogP contribution in [0, 0.1) is 0 Å². The second-order valence-corrected chi connectivity index (χ2v) is 4.75. The van der Waals surface area contributed by atoms with Gasteiger partial charge in [-0.1, -0.05) is 5.16 Å². The maximum atomic E-state index is 9.40. The third kappa shape index (κ3) is 2.60. The van der Waals surface area contributed by atoms with Crippen molar-refractivity contribution in [1.29, 1.82) is 0 Å². The molecular formula is C11H9N5O4S. The number of nitrogens with zero attached hydrogens (tertiary/aromatic N) is 5. The first-order valence-electron chi connectivity index (χ1n) is 5.85. The highest BCUT2D eigenvalue weighted by Crippen LogP contribution is 2.38. The molecule has 3 heterocycles. The van der Waals surface area contributed by atoms with E-state index in [1.54, 1.807) is 0 Å². The van der Waals surface area contributed by atoms with Gasteiger partial charge in [0.2, 0.25) is 17.6 Å². The van der Waals surface area contributed by atoms with Gasteiger partial charge < -0.3 is 14.9 Å². The van der Waals surface area contributed by atoms with Crippen LogP contribution in [-0.4, -0.2) is 41.9 Å². The Labute approximate surface area is 121 Å². The lowest BCUT2D eigenvalue weighted by atomic mass is 10.4. The summed E-state index contributed by atoms with van der Waals surface area (Å²) in [7, 11) is 0. The van der Waals surface area contributed by atoms with E-state index in [4.69, 9.17) is 9.84 Å². The summed E-state index contributed by atoms with van der Waals surface area (Å²) < 4.78 is 9.96. The van der Waals surface area contributed by atoms with Crippen molar-refractivity contribution in [3.05, 3.63) is 12.4 Å². The van der Waals surface area contributed by atoms with Gasteiger partial charge in [0.25, 0.3) is 0 Å². The molecule has 0 unspecified atom stereocenters. The normalized spacial score (nSPS) is 10.7. The molecule has 0 aliphatic heterocycles. The quantitative estimate of drug-likeness (QED) is 0.736.